The summed E-state index contributed by atoms with van der Waals surface area (Å²) in [6.45, 7) is 4.21. The first kappa shape index (κ1) is 20.0. The van der Waals surface area contributed by atoms with Crippen LogP contribution in [0.4, 0.5) is 5.69 Å². The SMILES string of the molecule is CC(C)c1ccc(-n2cc(NC(=O)c3coc(-c4ccncc4)n3)c(C(N)=O)n2)cc1. The summed E-state index contributed by atoms with van der Waals surface area (Å²) < 4.78 is 6.87. The number of anilines is 1. The highest BCUT2D eigenvalue weighted by Gasteiger charge is 2.20. The summed E-state index contributed by atoms with van der Waals surface area (Å²) in [5.41, 5.74) is 8.23. The number of benzene rings is 1. The molecule has 4 rings (SSSR count). The van der Waals surface area contributed by atoms with Crippen LogP contribution >= 0.6 is 0 Å². The number of aromatic nitrogens is 4. The monoisotopic (exact) mass is 416 g/mol. The van der Waals surface area contributed by atoms with Crippen molar-refractivity contribution in [2.75, 3.05) is 5.32 Å². The molecule has 0 aliphatic heterocycles. The molecular weight excluding hydrogens is 396 g/mol. The number of hydrogen-bond acceptors (Lipinski definition) is 6. The summed E-state index contributed by atoms with van der Waals surface area (Å²) in [4.78, 5) is 32.7. The Hall–Kier alpha value is -4.27. The average molecular weight is 416 g/mol. The van der Waals surface area contributed by atoms with Crippen LogP contribution in [-0.4, -0.2) is 31.6 Å². The van der Waals surface area contributed by atoms with Crippen LogP contribution in [0.1, 0.15) is 46.3 Å². The van der Waals surface area contributed by atoms with E-state index in [0.29, 0.717) is 11.5 Å². The second-order valence-electron chi connectivity index (χ2n) is 7.17. The van der Waals surface area contributed by atoms with Crippen molar-refractivity contribution < 1.29 is 14.0 Å². The third-order valence-corrected chi connectivity index (χ3v) is 4.68. The maximum absolute atomic E-state index is 12.7. The van der Waals surface area contributed by atoms with Gasteiger partial charge in [0.1, 0.15) is 6.26 Å². The molecule has 3 aromatic heterocycles. The Morgan fingerprint density at radius 3 is 2.45 bits per heavy atom. The van der Waals surface area contributed by atoms with Crippen molar-refractivity contribution in [2.24, 2.45) is 5.73 Å². The Morgan fingerprint density at radius 1 is 1.10 bits per heavy atom. The number of carbonyl (C=O) groups is 2. The zero-order valence-electron chi connectivity index (χ0n) is 16.9. The Kier molecular flexibility index (Phi) is 5.31. The molecule has 1 aromatic carbocycles. The highest BCUT2D eigenvalue weighted by Crippen LogP contribution is 2.22. The summed E-state index contributed by atoms with van der Waals surface area (Å²) in [7, 11) is 0. The Morgan fingerprint density at radius 2 is 1.81 bits per heavy atom. The molecule has 0 bridgehead atoms. The lowest BCUT2D eigenvalue weighted by Gasteiger charge is -2.06. The third kappa shape index (κ3) is 4.20. The fraction of sp³-hybridized carbons (Fsp3) is 0.136. The second kappa shape index (κ2) is 8.23. The molecule has 31 heavy (non-hydrogen) atoms. The number of nitrogens with one attached hydrogen (secondary N) is 1. The number of amides is 2. The molecule has 0 unspecified atom stereocenters. The Labute approximate surface area is 177 Å². The minimum Gasteiger partial charge on any atom is -0.444 e. The average Bonchev–Trinajstić information content (AvgIpc) is 3.42. The number of rotatable bonds is 6. The molecule has 0 saturated carbocycles. The topological polar surface area (TPSA) is 129 Å². The van der Waals surface area contributed by atoms with E-state index >= 15 is 0 Å². The zero-order valence-corrected chi connectivity index (χ0v) is 16.9. The Bertz CT molecular complexity index is 1230. The molecule has 3 N–H and O–H groups in total. The predicted molar refractivity (Wildman–Crippen MR) is 114 cm³/mol. The molecule has 156 valence electrons. The van der Waals surface area contributed by atoms with Crippen molar-refractivity contribution in [2.45, 2.75) is 19.8 Å². The van der Waals surface area contributed by atoms with E-state index in [0.717, 1.165) is 5.69 Å². The van der Waals surface area contributed by atoms with Crippen LogP contribution in [0.15, 0.2) is 65.7 Å². The minimum atomic E-state index is -0.759. The Balaban J connectivity index is 1.59. The quantitative estimate of drug-likeness (QED) is 0.496. The van der Waals surface area contributed by atoms with Crippen molar-refractivity contribution in [1.82, 2.24) is 19.7 Å². The highest BCUT2D eigenvalue weighted by molar-refractivity contribution is 6.07. The molecule has 0 fully saturated rings. The van der Waals surface area contributed by atoms with E-state index in [-0.39, 0.29) is 23.0 Å². The fourth-order valence-corrected chi connectivity index (χ4v) is 2.98. The van der Waals surface area contributed by atoms with Gasteiger partial charge in [-0.2, -0.15) is 5.10 Å². The first-order valence-electron chi connectivity index (χ1n) is 9.59. The van der Waals surface area contributed by atoms with Crippen molar-refractivity contribution in [1.29, 1.82) is 0 Å². The normalized spacial score (nSPS) is 10.9. The van der Waals surface area contributed by atoms with Gasteiger partial charge < -0.3 is 15.5 Å². The molecule has 9 nitrogen and oxygen atoms in total. The van der Waals surface area contributed by atoms with E-state index in [4.69, 9.17) is 10.2 Å². The third-order valence-electron chi connectivity index (χ3n) is 4.68. The molecule has 0 spiro atoms. The molecule has 0 saturated heterocycles. The van der Waals surface area contributed by atoms with Gasteiger partial charge in [-0.05, 0) is 35.7 Å². The summed E-state index contributed by atoms with van der Waals surface area (Å²) in [6.07, 6.45) is 5.97. The summed E-state index contributed by atoms with van der Waals surface area (Å²) in [5, 5.41) is 6.87. The van der Waals surface area contributed by atoms with Crippen molar-refractivity contribution in [3.63, 3.8) is 0 Å². The maximum atomic E-state index is 12.7. The molecule has 0 radical (unpaired) electrons. The van der Waals surface area contributed by atoms with Gasteiger partial charge in [-0.1, -0.05) is 26.0 Å². The maximum Gasteiger partial charge on any atom is 0.277 e. The van der Waals surface area contributed by atoms with Crippen LogP contribution in [0.2, 0.25) is 0 Å². The van der Waals surface area contributed by atoms with E-state index in [1.807, 2.05) is 24.3 Å². The second-order valence-corrected chi connectivity index (χ2v) is 7.17. The number of carbonyl (C=O) groups excluding carboxylic acids is 2. The summed E-state index contributed by atoms with van der Waals surface area (Å²) >= 11 is 0. The van der Waals surface area contributed by atoms with Crippen molar-refractivity contribution >= 4 is 17.5 Å². The first-order valence-corrected chi connectivity index (χ1v) is 9.59. The van der Waals surface area contributed by atoms with Crippen LogP contribution in [0.25, 0.3) is 17.1 Å². The molecule has 2 amide bonds. The predicted octanol–water partition coefficient (Wildman–Crippen LogP) is 3.40. The van der Waals surface area contributed by atoms with E-state index < -0.39 is 11.8 Å². The number of nitrogens with zero attached hydrogens (tertiary/aromatic N) is 4. The fourth-order valence-electron chi connectivity index (χ4n) is 2.98. The number of oxazole rings is 1. The molecule has 0 atom stereocenters. The lowest BCUT2D eigenvalue weighted by atomic mass is 10.0. The van der Waals surface area contributed by atoms with E-state index in [1.54, 1.807) is 24.5 Å². The van der Waals surface area contributed by atoms with Crippen LogP contribution in [0.3, 0.4) is 0 Å². The van der Waals surface area contributed by atoms with Gasteiger partial charge in [0.25, 0.3) is 11.8 Å². The first-order chi connectivity index (χ1) is 14.9. The molecule has 4 aromatic rings. The largest absolute Gasteiger partial charge is 0.444 e. The zero-order chi connectivity index (χ0) is 22.0. The number of nitrogens with two attached hydrogens (primary N) is 1. The van der Waals surface area contributed by atoms with Crippen molar-refractivity contribution in [3.8, 4) is 17.1 Å². The lowest BCUT2D eigenvalue weighted by Crippen LogP contribution is -2.18. The van der Waals surface area contributed by atoms with Gasteiger partial charge >= 0.3 is 0 Å². The van der Waals surface area contributed by atoms with Crippen molar-refractivity contribution in [3.05, 3.63) is 78.2 Å². The van der Waals surface area contributed by atoms with Gasteiger partial charge in [0, 0.05) is 18.0 Å². The van der Waals surface area contributed by atoms with Crippen LogP contribution < -0.4 is 11.1 Å². The smallest absolute Gasteiger partial charge is 0.277 e. The standard InChI is InChI=1S/C22H20N6O3/c1-13(2)14-3-5-16(6-4-14)28-11-17(19(27-28)20(23)29)25-21(30)18-12-31-22(26-18)15-7-9-24-10-8-15/h3-13H,1-2H3,(H2,23,29)(H,25,30). The van der Waals surface area contributed by atoms with Crippen LogP contribution in [0, 0.1) is 0 Å². The highest BCUT2D eigenvalue weighted by atomic mass is 16.3. The molecular formula is C22H20N6O3. The van der Waals surface area contributed by atoms with Gasteiger partial charge in [-0.3, -0.25) is 14.6 Å². The minimum absolute atomic E-state index is 0.0521. The van der Waals surface area contributed by atoms with E-state index in [1.165, 1.54) is 22.7 Å². The molecule has 9 heteroatoms. The van der Waals surface area contributed by atoms with Gasteiger partial charge in [0.15, 0.2) is 11.4 Å². The summed E-state index contributed by atoms with van der Waals surface area (Å²) in [5.74, 6) is -0.641. The lowest BCUT2D eigenvalue weighted by molar-refractivity contribution is 0.0996. The number of pyridine rings is 1. The van der Waals surface area contributed by atoms with Crippen LogP contribution in [-0.2, 0) is 0 Å². The van der Waals surface area contributed by atoms with Gasteiger partial charge in [-0.25, -0.2) is 9.67 Å². The van der Waals surface area contributed by atoms with Crippen LogP contribution in [0.5, 0.6) is 0 Å². The van der Waals surface area contributed by atoms with Gasteiger partial charge in [0.05, 0.1) is 17.6 Å². The van der Waals surface area contributed by atoms with Gasteiger partial charge in [-0.15, -0.1) is 0 Å². The van der Waals surface area contributed by atoms with E-state index in [9.17, 15) is 9.59 Å². The number of hydrogen-bond donors (Lipinski definition) is 2. The molecule has 3 heterocycles. The van der Waals surface area contributed by atoms with Gasteiger partial charge in [0.2, 0.25) is 5.89 Å². The van der Waals surface area contributed by atoms with E-state index in [2.05, 4.69) is 34.2 Å². The number of primary amides is 1. The molecule has 0 aliphatic rings. The molecule has 0 aliphatic carbocycles. The summed E-state index contributed by atoms with van der Waals surface area (Å²) in [6, 6.07) is 11.2.